The van der Waals surface area contributed by atoms with E-state index < -0.39 is 45.9 Å². The van der Waals surface area contributed by atoms with E-state index in [2.05, 4.69) is 0 Å². The molecule has 32 heavy (non-hydrogen) atoms. The molecule has 0 radical (unpaired) electrons. The lowest BCUT2D eigenvalue weighted by Crippen LogP contribution is -2.50. The van der Waals surface area contributed by atoms with Crippen LogP contribution < -0.4 is 16.1 Å². The lowest BCUT2D eigenvalue weighted by molar-refractivity contribution is 0.0272. The molecule has 2 unspecified atom stereocenters. The van der Waals surface area contributed by atoms with Crippen molar-refractivity contribution in [3.8, 4) is 5.69 Å². The number of aromatic nitrogens is 1. The molecule has 10 heteroatoms. The van der Waals surface area contributed by atoms with Crippen molar-refractivity contribution in [2.45, 2.75) is 19.1 Å². The molecule has 0 amide bonds. The maximum atomic E-state index is 15.8. The molecule has 1 fully saturated rings. The Balaban J connectivity index is 2.01. The Morgan fingerprint density at radius 2 is 1.94 bits per heavy atom. The fourth-order valence-corrected chi connectivity index (χ4v) is 3.85. The number of nitrogens with zero attached hydrogens (tertiary/aromatic N) is 2. The van der Waals surface area contributed by atoms with Gasteiger partial charge in [0.1, 0.15) is 22.9 Å². The van der Waals surface area contributed by atoms with Gasteiger partial charge in [-0.25, -0.2) is 18.0 Å². The first kappa shape index (κ1) is 21.8. The highest BCUT2D eigenvalue weighted by molar-refractivity contribution is 5.94. The van der Waals surface area contributed by atoms with Crippen molar-refractivity contribution in [1.29, 1.82) is 0 Å². The van der Waals surface area contributed by atoms with Crippen molar-refractivity contribution in [2.24, 2.45) is 5.73 Å². The Hall–Kier alpha value is -3.37. The summed E-state index contributed by atoms with van der Waals surface area (Å²) in [6.07, 6.45) is 0.502. The van der Waals surface area contributed by atoms with Crippen LogP contribution in [0.5, 0.6) is 0 Å². The van der Waals surface area contributed by atoms with Gasteiger partial charge in [-0.2, -0.15) is 0 Å². The number of aromatic carboxylic acids is 1. The van der Waals surface area contributed by atoms with Crippen molar-refractivity contribution >= 4 is 22.6 Å². The Morgan fingerprint density at radius 1 is 1.25 bits per heavy atom. The van der Waals surface area contributed by atoms with Gasteiger partial charge in [-0.3, -0.25) is 4.79 Å². The van der Waals surface area contributed by atoms with E-state index in [-0.39, 0.29) is 42.6 Å². The molecule has 1 aromatic heterocycles. The number of pyridine rings is 1. The van der Waals surface area contributed by atoms with Crippen LogP contribution in [0.2, 0.25) is 0 Å². The third-order valence-electron chi connectivity index (χ3n) is 5.49. The van der Waals surface area contributed by atoms with Crippen LogP contribution in [0.15, 0.2) is 41.3 Å². The summed E-state index contributed by atoms with van der Waals surface area (Å²) in [6.45, 7) is 2.24. The topological polar surface area (TPSA) is 97.8 Å². The summed E-state index contributed by atoms with van der Waals surface area (Å²) in [6, 6.07) is 5.27. The van der Waals surface area contributed by atoms with Crippen LogP contribution in [0.1, 0.15) is 17.3 Å². The molecule has 4 rings (SSSR count). The predicted molar refractivity (Wildman–Crippen MR) is 112 cm³/mol. The zero-order valence-corrected chi connectivity index (χ0v) is 17.0. The van der Waals surface area contributed by atoms with Gasteiger partial charge < -0.3 is 25.0 Å². The van der Waals surface area contributed by atoms with Crippen LogP contribution in [0.3, 0.4) is 0 Å². The highest BCUT2D eigenvalue weighted by atomic mass is 19.1. The highest BCUT2D eigenvalue weighted by Crippen LogP contribution is 2.32. The van der Waals surface area contributed by atoms with E-state index in [9.17, 15) is 19.1 Å². The van der Waals surface area contributed by atoms with Crippen LogP contribution in [-0.4, -0.2) is 47.5 Å². The molecule has 2 atom stereocenters. The summed E-state index contributed by atoms with van der Waals surface area (Å²) >= 11 is 0. The van der Waals surface area contributed by atoms with E-state index in [0.717, 1.165) is 29.0 Å². The first-order valence-corrected chi connectivity index (χ1v) is 9.87. The summed E-state index contributed by atoms with van der Waals surface area (Å²) in [5, 5.41) is 8.98. The summed E-state index contributed by atoms with van der Waals surface area (Å²) < 4.78 is 51.0. The molecule has 2 aromatic carbocycles. The van der Waals surface area contributed by atoms with Gasteiger partial charge in [0.05, 0.1) is 23.6 Å². The number of carboxylic acid groups (broad SMARTS) is 1. The van der Waals surface area contributed by atoms with Crippen molar-refractivity contribution < 1.29 is 27.8 Å². The van der Waals surface area contributed by atoms with Gasteiger partial charge >= 0.3 is 5.97 Å². The molecule has 0 spiro atoms. The quantitative estimate of drug-likeness (QED) is 0.638. The number of ether oxygens (including phenoxy) is 1. The molecule has 3 aromatic rings. The number of anilines is 1. The first-order valence-electron chi connectivity index (χ1n) is 9.87. The van der Waals surface area contributed by atoms with Gasteiger partial charge in [-0.15, -0.1) is 0 Å². The number of nitrogens with two attached hydrogens (primary N) is 1. The lowest BCUT2D eigenvalue weighted by Gasteiger charge is -2.36. The van der Waals surface area contributed by atoms with Gasteiger partial charge in [0, 0.05) is 31.0 Å². The zero-order valence-electron chi connectivity index (χ0n) is 17.0. The Kier molecular flexibility index (Phi) is 5.66. The molecule has 7 nitrogen and oxygen atoms in total. The van der Waals surface area contributed by atoms with Crippen molar-refractivity contribution in [2.75, 3.05) is 24.6 Å². The molecular formula is C22H20F3N3O4. The lowest BCUT2D eigenvalue weighted by atomic mass is 10.1. The van der Waals surface area contributed by atoms with Crippen molar-refractivity contribution in [1.82, 2.24) is 4.57 Å². The van der Waals surface area contributed by atoms with Gasteiger partial charge in [0.25, 0.3) is 0 Å². The zero-order chi connectivity index (χ0) is 23.2. The van der Waals surface area contributed by atoms with Crippen molar-refractivity contribution in [3.05, 3.63) is 69.8 Å². The smallest absolute Gasteiger partial charge is 0.341 e. The standard InChI is InChI=1S/C22H20F3N3O4/c1-11(26)17-10-27(6-7-32-17)20-16(24)8-14-19(18(20)25)28(9-15(21(14)29)22(30)31)13-4-2-12(23)3-5-13/h2-5,8-9,11,17H,6-7,10,26H2,1H3,(H,30,31). The molecule has 0 bridgehead atoms. The number of carboxylic acids is 1. The van der Waals surface area contributed by atoms with Gasteiger partial charge in [0.15, 0.2) is 5.82 Å². The van der Waals surface area contributed by atoms with Gasteiger partial charge in [-0.05, 0) is 37.3 Å². The van der Waals surface area contributed by atoms with Crippen LogP contribution in [0.4, 0.5) is 18.9 Å². The number of benzene rings is 2. The molecule has 0 saturated carbocycles. The minimum absolute atomic E-state index is 0.130. The first-order chi connectivity index (χ1) is 15.2. The third-order valence-corrected chi connectivity index (χ3v) is 5.49. The maximum Gasteiger partial charge on any atom is 0.341 e. The third kappa shape index (κ3) is 3.71. The van der Waals surface area contributed by atoms with Crippen LogP contribution in [0.25, 0.3) is 16.6 Å². The second-order valence-electron chi connectivity index (χ2n) is 7.65. The Bertz CT molecular complexity index is 1260. The number of rotatable bonds is 4. The number of fused-ring (bicyclic) bond motifs is 1. The van der Waals surface area contributed by atoms with Gasteiger partial charge in [-0.1, -0.05) is 0 Å². The number of hydrogen-bond donors (Lipinski definition) is 2. The van der Waals surface area contributed by atoms with E-state index in [1.807, 2.05) is 0 Å². The van der Waals surface area contributed by atoms with Gasteiger partial charge in [0.2, 0.25) is 5.43 Å². The molecule has 2 heterocycles. The maximum absolute atomic E-state index is 15.8. The molecule has 168 valence electrons. The average molecular weight is 447 g/mol. The minimum atomic E-state index is -1.55. The molecule has 3 N–H and O–H groups in total. The summed E-state index contributed by atoms with van der Waals surface area (Å²) in [5.41, 5.74) is 3.70. The van der Waals surface area contributed by atoms with E-state index in [4.69, 9.17) is 10.5 Å². The summed E-state index contributed by atoms with van der Waals surface area (Å²) in [4.78, 5) is 25.7. The molecule has 1 aliphatic heterocycles. The molecular weight excluding hydrogens is 427 g/mol. The molecule has 0 aliphatic carbocycles. The SMILES string of the molecule is CC(N)C1CN(c2c(F)cc3c(=O)c(C(=O)O)cn(-c4ccc(F)cc4)c3c2F)CCO1. The molecule has 1 saturated heterocycles. The fourth-order valence-electron chi connectivity index (χ4n) is 3.85. The number of morpholine rings is 1. The Morgan fingerprint density at radius 3 is 2.56 bits per heavy atom. The normalized spacial score (nSPS) is 17.5. The summed E-state index contributed by atoms with van der Waals surface area (Å²) in [7, 11) is 0. The largest absolute Gasteiger partial charge is 0.477 e. The molecule has 1 aliphatic rings. The second kappa shape index (κ2) is 8.29. The summed E-state index contributed by atoms with van der Waals surface area (Å²) in [5.74, 6) is -4.15. The number of halogens is 3. The van der Waals surface area contributed by atoms with Crippen LogP contribution in [0, 0.1) is 17.5 Å². The van der Waals surface area contributed by atoms with E-state index in [1.54, 1.807) is 6.92 Å². The van der Waals surface area contributed by atoms with Crippen LogP contribution >= 0.6 is 0 Å². The van der Waals surface area contributed by atoms with Crippen LogP contribution in [-0.2, 0) is 4.74 Å². The van der Waals surface area contributed by atoms with E-state index >= 15 is 8.78 Å². The Labute approximate surface area is 180 Å². The fraction of sp³-hybridized carbons (Fsp3) is 0.273. The highest BCUT2D eigenvalue weighted by Gasteiger charge is 2.30. The van der Waals surface area contributed by atoms with E-state index in [1.165, 1.54) is 17.0 Å². The average Bonchev–Trinajstić information content (AvgIpc) is 2.75. The van der Waals surface area contributed by atoms with Crippen molar-refractivity contribution in [3.63, 3.8) is 0 Å². The monoisotopic (exact) mass is 447 g/mol. The number of hydrogen-bond acceptors (Lipinski definition) is 5. The minimum Gasteiger partial charge on any atom is -0.477 e. The number of carbonyl (C=O) groups is 1. The predicted octanol–water partition coefficient (Wildman–Crippen LogP) is 2.66. The van der Waals surface area contributed by atoms with E-state index in [0.29, 0.717) is 0 Å². The second-order valence-corrected chi connectivity index (χ2v) is 7.65.